The fraction of sp³-hybridized carbons (Fsp3) is 0.474. The summed E-state index contributed by atoms with van der Waals surface area (Å²) >= 11 is 6.18. The number of amides is 1. The van der Waals surface area contributed by atoms with Gasteiger partial charge in [-0.3, -0.25) is 9.48 Å². The first kappa shape index (κ1) is 18.5. The third kappa shape index (κ3) is 4.38. The Hall–Kier alpha value is -1.81. The minimum atomic E-state index is 0.0743. The summed E-state index contributed by atoms with van der Waals surface area (Å²) in [5.41, 5.74) is 4.01. The molecule has 0 aliphatic heterocycles. The quantitative estimate of drug-likeness (QED) is 0.791. The molecular weight excluding hydrogens is 322 g/mol. The molecule has 0 bridgehead atoms. The van der Waals surface area contributed by atoms with E-state index in [0.717, 1.165) is 29.1 Å². The Labute approximate surface area is 149 Å². The van der Waals surface area contributed by atoms with Crippen molar-refractivity contribution in [1.29, 1.82) is 0 Å². The van der Waals surface area contributed by atoms with Crippen LogP contribution in [0.25, 0.3) is 0 Å². The first-order chi connectivity index (χ1) is 11.3. The van der Waals surface area contributed by atoms with Gasteiger partial charge in [-0.15, -0.1) is 0 Å². The number of halogens is 1. The van der Waals surface area contributed by atoms with Crippen molar-refractivity contribution in [3.63, 3.8) is 0 Å². The van der Waals surface area contributed by atoms with Crippen LogP contribution in [0.4, 0.5) is 0 Å². The summed E-state index contributed by atoms with van der Waals surface area (Å²) in [7, 11) is 1.81. The maximum Gasteiger partial charge on any atom is 0.227 e. The van der Waals surface area contributed by atoms with Crippen LogP contribution in [0.2, 0.25) is 5.02 Å². The summed E-state index contributed by atoms with van der Waals surface area (Å²) in [4.78, 5) is 14.3. The van der Waals surface area contributed by atoms with Crippen molar-refractivity contribution in [2.24, 2.45) is 5.92 Å². The van der Waals surface area contributed by atoms with E-state index in [1.54, 1.807) is 4.90 Å². The molecule has 1 aromatic heterocycles. The molecule has 0 spiro atoms. The van der Waals surface area contributed by atoms with Crippen LogP contribution in [0.1, 0.15) is 36.4 Å². The van der Waals surface area contributed by atoms with Crippen molar-refractivity contribution >= 4 is 17.5 Å². The molecular formula is C19H26ClN3O. The Bertz CT molecular complexity index is 721. The van der Waals surface area contributed by atoms with Gasteiger partial charge in [-0.2, -0.15) is 5.10 Å². The van der Waals surface area contributed by atoms with Crippen LogP contribution in [-0.4, -0.2) is 27.6 Å². The fourth-order valence-electron chi connectivity index (χ4n) is 2.77. The second-order valence-electron chi connectivity index (χ2n) is 6.74. The van der Waals surface area contributed by atoms with E-state index in [2.05, 4.69) is 18.9 Å². The number of aromatic nitrogens is 2. The number of hydrogen-bond acceptors (Lipinski definition) is 2. The Morgan fingerprint density at radius 3 is 2.58 bits per heavy atom. The number of carbonyl (C=O) groups is 1. The number of aryl methyl sites for hydroxylation is 1. The molecule has 2 rings (SSSR count). The van der Waals surface area contributed by atoms with E-state index in [9.17, 15) is 4.79 Å². The zero-order valence-electron chi connectivity index (χ0n) is 15.1. The van der Waals surface area contributed by atoms with E-state index in [-0.39, 0.29) is 5.91 Å². The van der Waals surface area contributed by atoms with Crippen LogP contribution in [0.15, 0.2) is 24.3 Å². The highest BCUT2D eigenvalue weighted by molar-refractivity contribution is 6.31. The molecule has 0 radical (unpaired) electrons. The van der Waals surface area contributed by atoms with Crippen molar-refractivity contribution in [3.05, 3.63) is 51.8 Å². The molecule has 2 aromatic rings. The van der Waals surface area contributed by atoms with Gasteiger partial charge in [0.05, 0.1) is 12.1 Å². The van der Waals surface area contributed by atoms with Crippen molar-refractivity contribution in [2.45, 2.75) is 47.2 Å². The van der Waals surface area contributed by atoms with Gasteiger partial charge in [0.1, 0.15) is 0 Å². The van der Waals surface area contributed by atoms with E-state index in [0.29, 0.717) is 23.9 Å². The Morgan fingerprint density at radius 1 is 1.29 bits per heavy atom. The predicted octanol–water partition coefficient (Wildman–Crippen LogP) is 4.01. The van der Waals surface area contributed by atoms with Gasteiger partial charge in [0.25, 0.3) is 0 Å². The van der Waals surface area contributed by atoms with Gasteiger partial charge in [-0.25, -0.2) is 0 Å². The first-order valence-electron chi connectivity index (χ1n) is 8.29. The molecule has 1 aromatic carbocycles. The smallest absolute Gasteiger partial charge is 0.227 e. The summed E-state index contributed by atoms with van der Waals surface area (Å²) < 4.78 is 2.01. The van der Waals surface area contributed by atoms with E-state index in [4.69, 9.17) is 11.6 Å². The zero-order chi connectivity index (χ0) is 17.9. The zero-order valence-corrected chi connectivity index (χ0v) is 15.9. The molecule has 130 valence electrons. The van der Waals surface area contributed by atoms with Crippen molar-refractivity contribution in [2.75, 3.05) is 7.05 Å². The lowest BCUT2D eigenvalue weighted by Crippen LogP contribution is -2.28. The van der Waals surface area contributed by atoms with Gasteiger partial charge in [0.2, 0.25) is 5.91 Å². The third-order valence-electron chi connectivity index (χ3n) is 4.19. The molecule has 0 N–H and O–H groups in total. The van der Waals surface area contributed by atoms with E-state index in [1.165, 1.54) is 0 Å². The predicted molar refractivity (Wildman–Crippen MR) is 98.2 cm³/mol. The van der Waals surface area contributed by atoms with E-state index < -0.39 is 0 Å². The SMILES string of the molecule is Cc1nn(CC(C)C)c(C)c1CC(=O)N(C)Cc1ccccc1Cl. The number of likely N-dealkylation sites (N-methyl/N-ethyl adjacent to an activating group) is 1. The van der Waals surface area contributed by atoms with Crippen LogP contribution in [0, 0.1) is 19.8 Å². The molecule has 0 atom stereocenters. The van der Waals surface area contributed by atoms with Crippen LogP contribution in [0.3, 0.4) is 0 Å². The minimum Gasteiger partial charge on any atom is -0.341 e. The fourth-order valence-corrected chi connectivity index (χ4v) is 2.97. The maximum atomic E-state index is 12.6. The highest BCUT2D eigenvalue weighted by Gasteiger charge is 2.18. The number of benzene rings is 1. The summed E-state index contributed by atoms with van der Waals surface area (Å²) in [5, 5.41) is 5.27. The van der Waals surface area contributed by atoms with Crippen LogP contribution >= 0.6 is 11.6 Å². The lowest BCUT2D eigenvalue weighted by molar-refractivity contribution is -0.129. The van der Waals surface area contributed by atoms with E-state index >= 15 is 0 Å². The highest BCUT2D eigenvalue weighted by Crippen LogP contribution is 2.19. The minimum absolute atomic E-state index is 0.0743. The van der Waals surface area contributed by atoms with Crippen LogP contribution in [-0.2, 0) is 24.3 Å². The lowest BCUT2D eigenvalue weighted by Gasteiger charge is -2.18. The van der Waals surface area contributed by atoms with Gasteiger partial charge in [0, 0.05) is 36.4 Å². The first-order valence-corrected chi connectivity index (χ1v) is 8.67. The molecule has 0 aliphatic rings. The largest absolute Gasteiger partial charge is 0.341 e. The second kappa shape index (κ2) is 7.84. The molecule has 0 unspecified atom stereocenters. The topological polar surface area (TPSA) is 38.1 Å². The summed E-state index contributed by atoms with van der Waals surface area (Å²) in [5.74, 6) is 0.597. The second-order valence-corrected chi connectivity index (χ2v) is 7.15. The van der Waals surface area contributed by atoms with Gasteiger partial charge < -0.3 is 4.90 Å². The van der Waals surface area contributed by atoms with Gasteiger partial charge in [-0.05, 0) is 31.4 Å². The van der Waals surface area contributed by atoms with Crippen molar-refractivity contribution in [1.82, 2.24) is 14.7 Å². The monoisotopic (exact) mass is 347 g/mol. The molecule has 0 saturated carbocycles. The number of carbonyl (C=O) groups excluding carboxylic acids is 1. The molecule has 1 heterocycles. The number of hydrogen-bond donors (Lipinski definition) is 0. The van der Waals surface area contributed by atoms with Crippen LogP contribution in [0.5, 0.6) is 0 Å². The molecule has 5 heteroatoms. The Balaban J connectivity index is 2.09. The number of rotatable bonds is 6. The molecule has 4 nitrogen and oxygen atoms in total. The van der Waals surface area contributed by atoms with Crippen LogP contribution < -0.4 is 0 Å². The molecule has 1 amide bonds. The molecule has 0 fully saturated rings. The van der Waals surface area contributed by atoms with E-state index in [1.807, 2.05) is 49.8 Å². The normalized spacial score (nSPS) is 11.1. The molecule has 0 saturated heterocycles. The average Bonchev–Trinajstić information content (AvgIpc) is 2.76. The summed E-state index contributed by atoms with van der Waals surface area (Å²) in [6.45, 7) is 9.73. The number of nitrogens with zero attached hydrogens (tertiary/aromatic N) is 3. The van der Waals surface area contributed by atoms with Crippen molar-refractivity contribution < 1.29 is 4.79 Å². The van der Waals surface area contributed by atoms with Gasteiger partial charge >= 0.3 is 0 Å². The van der Waals surface area contributed by atoms with Crippen molar-refractivity contribution in [3.8, 4) is 0 Å². The molecule has 24 heavy (non-hydrogen) atoms. The molecule has 0 aliphatic carbocycles. The highest BCUT2D eigenvalue weighted by atomic mass is 35.5. The van der Waals surface area contributed by atoms with Gasteiger partial charge in [0.15, 0.2) is 0 Å². The Morgan fingerprint density at radius 2 is 1.96 bits per heavy atom. The average molecular weight is 348 g/mol. The Kier molecular flexibility index (Phi) is 6.05. The summed E-state index contributed by atoms with van der Waals surface area (Å²) in [6, 6.07) is 7.62. The lowest BCUT2D eigenvalue weighted by atomic mass is 10.1. The maximum absolute atomic E-state index is 12.6. The standard InChI is InChI=1S/C19H26ClN3O/c1-13(2)11-23-15(4)17(14(3)21-23)10-19(24)22(5)12-16-8-6-7-9-18(16)20/h6-9,13H,10-12H2,1-5H3. The summed E-state index contributed by atoms with van der Waals surface area (Å²) in [6.07, 6.45) is 0.372. The third-order valence-corrected chi connectivity index (χ3v) is 4.56. The van der Waals surface area contributed by atoms with Gasteiger partial charge in [-0.1, -0.05) is 43.6 Å².